The number of hydrogen-bond donors (Lipinski definition) is 2. The molecular formula is C12H10N2O3S. The van der Waals surface area contributed by atoms with Gasteiger partial charge in [-0.05, 0) is 12.1 Å². The Kier molecular flexibility index (Phi) is 2.21. The molecule has 0 unspecified atom stereocenters. The Morgan fingerprint density at radius 2 is 2.22 bits per heavy atom. The number of anilines is 1. The minimum absolute atomic E-state index is 0.00376. The fourth-order valence-electron chi connectivity index (χ4n) is 1.98. The summed E-state index contributed by atoms with van der Waals surface area (Å²) in [6.45, 7) is 0. The number of primary amides is 1. The van der Waals surface area contributed by atoms with Crippen LogP contribution in [0.3, 0.4) is 0 Å². The van der Waals surface area contributed by atoms with Crippen molar-refractivity contribution < 1.29 is 13.9 Å². The van der Waals surface area contributed by atoms with Gasteiger partial charge in [-0.25, -0.2) is 0 Å². The number of hydrogen-bond acceptors (Lipinski definition) is 5. The molecule has 3 rings (SSSR count). The van der Waals surface area contributed by atoms with E-state index in [-0.39, 0.29) is 5.76 Å². The molecule has 0 bridgehead atoms. The zero-order valence-electron chi connectivity index (χ0n) is 9.52. The molecule has 0 aliphatic rings. The second-order valence-corrected chi connectivity index (χ2v) is 4.86. The van der Waals surface area contributed by atoms with Crippen LogP contribution in [0.1, 0.15) is 10.6 Å². The van der Waals surface area contributed by atoms with Crippen molar-refractivity contribution >= 4 is 43.3 Å². The molecule has 1 amide bonds. The molecule has 1 aromatic carbocycles. The molecule has 6 heteroatoms. The molecule has 4 N–H and O–H groups in total. The monoisotopic (exact) mass is 262 g/mol. The highest BCUT2D eigenvalue weighted by Gasteiger charge is 2.21. The number of furan rings is 1. The van der Waals surface area contributed by atoms with E-state index in [1.165, 1.54) is 11.3 Å². The van der Waals surface area contributed by atoms with E-state index in [9.17, 15) is 4.79 Å². The molecular weight excluding hydrogens is 252 g/mol. The predicted octanol–water partition coefficient (Wildman–Crippen LogP) is 2.34. The summed E-state index contributed by atoms with van der Waals surface area (Å²) in [5.74, 6) is 0.0199. The van der Waals surface area contributed by atoms with Crippen LogP contribution >= 0.6 is 11.3 Å². The van der Waals surface area contributed by atoms with Gasteiger partial charge in [-0.1, -0.05) is 6.07 Å². The SMILES string of the molecule is COc1cccc2sc3c(N)c(C(N)=O)oc3c12. The van der Waals surface area contributed by atoms with Crippen molar-refractivity contribution in [2.24, 2.45) is 5.73 Å². The number of fused-ring (bicyclic) bond motifs is 3. The topological polar surface area (TPSA) is 91.5 Å². The number of nitrogen functional groups attached to an aromatic ring is 1. The largest absolute Gasteiger partial charge is 0.496 e. The summed E-state index contributed by atoms with van der Waals surface area (Å²) in [7, 11) is 1.58. The van der Waals surface area contributed by atoms with E-state index in [0.29, 0.717) is 17.0 Å². The molecule has 18 heavy (non-hydrogen) atoms. The third-order valence-electron chi connectivity index (χ3n) is 2.77. The lowest BCUT2D eigenvalue weighted by Crippen LogP contribution is -2.11. The summed E-state index contributed by atoms with van der Waals surface area (Å²) < 4.78 is 12.5. The molecule has 0 spiro atoms. The van der Waals surface area contributed by atoms with Gasteiger partial charge in [-0.15, -0.1) is 11.3 Å². The minimum atomic E-state index is -0.668. The molecule has 92 valence electrons. The van der Waals surface area contributed by atoms with Gasteiger partial charge in [0.05, 0.1) is 17.2 Å². The average molecular weight is 262 g/mol. The zero-order valence-corrected chi connectivity index (χ0v) is 10.3. The molecule has 2 aromatic heterocycles. The van der Waals surface area contributed by atoms with Crippen LogP contribution < -0.4 is 16.2 Å². The summed E-state index contributed by atoms with van der Waals surface area (Å²) in [6, 6.07) is 5.67. The van der Waals surface area contributed by atoms with Gasteiger partial charge in [0.1, 0.15) is 11.4 Å². The van der Waals surface area contributed by atoms with Gasteiger partial charge in [0.25, 0.3) is 5.91 Å². The average Bonchev–Trinajstić information content (AvgIpc) is 2.86. The number of methoxy groups -OCH3 is 1. The molecule has 0 saturated carbocycles. The minimum Gasteiger partial charge on any atom is -0.496 e. The molecule has 0 fully saturated rings. The Morgan fingerprint density at radius 3 is 2.89 bits per heavy atom. The van der Waals surface area contributed by atoms with Gasteiger partial charge in [0.15, 0.2) is 5.58 Å². The quantitative estimate of drug-likeness (QED) is 0.741. The number of rotatable bonds is 2. The first-order chi connectivity index (χ1) is 8.63. The van der Waals surface area contributed by atoms with Crippen molar-refractivity contribution in [3.05, 3.63) is 24.0 Å². The van der Waals surface area contributed by atoms with Crippen LogP contribution in [0.2, 0.25) is 0 Å². The Bertz CT molecular complexity index is 772. The maximum absolute atomic E-state index is 11.2. The number of benzene rings is 1. The van der Waals surface area contributed by atoms with Gasteiger partial charge in [0, 0.05) is 4.70 Å². The van der Waals surface area contributed by atoms with E-state index in [2.05, 4.69) is 0 Å². The molecule has 0 radical (unpaired) electrons. The lowest BCUT2D eigenvalue weighted by molar-refractivity contribution is 0.0977. The fraction of sp³-hybridized carbons (Fsp3) is 0.0833. The lowest BCUT2D eigenvalue weighted by atomic mass is 10.2. The first-order valence-corrected chi connectivity index (χ1v) is 6.02. The second kappa shape index (κ2) is 3.64. The van der Waals surface area contributed by atoms with E-state index in [0.717, 1.165) is 14.8 Å². The van der Waals surface area contributed by atoms with Gasteiger partial charge >= 0.3 is 0 Å². The second-order valence-electron chi connectivity index (χ2n) is 3.80. The van der Waals surface area contributed by atoms with Crippen LogP contribution in [-0.4, -0.2) is 13.0 Å². The van der Waals surface area contributed by atoms with Gasteiger partial charge in [-0.3, -0.25) is 4.79 Å². The van der Waals surface area contributed by atoms with E-state index in [1.807, 2.05) is 18.2 Å². The number of carbonyl (C=O) groups is 1. The molecule has 5 nitrogen and oxygen atoms in total. The Labute approximate surface area is 106 Å². The van der Waals surface area contributed by atoms with Gasteiger partial charge in [-0.2, -0.15) is 0 Å². The van der Waals surface area contributed by atoms with Crippen LogP contribution in [-0.2, 0) is 0 Å². The number of thiophene rings is 1. The highest BCUT2D eigenvalue weighted by Crippen LogP contribution is 2.44. The maximum Gasteiger partial charge on any atom is 0.286 e. The molecule has 0 atom stereocenters. The normalized spacial score (nSPS) is 11.2. The van der Waals surface area contributed by atoms with Crippen LogP contribution in [0.15, 0.2) is 22.6 Å². The van der Waals surface area contributed by atoms with Gasteiger partial charge in [0.2, 0.25) is 5.76 Å². The molecule has 0 saturated heterocycles. The molecule has 0 aliphatic carbocycles. The number of carbonyl (C=O) groups excluding carboxylic acids is 1. The van der Waals surface area contributed by atoms with Crippen LogP contribution in [0, 0.1) is 0 Å². The van der Waals surface area contributed by atoms with Crippen molar-refractivity contribution in [3.8, 4) is 5.75 Å². The Balaban J connectivity index is 2.48. The summed E-state index contributed by atoms with van der Waals surface area (Å²) in [4.78, 5) is 11.2. The lowest BCUT2D eigenvalue weighted by Gasteiger charge is -2.00. The molecule has 3 aromatic rings. The third kappa shape index (κ3) is 1.29. The smallest absolute Gasteiger partial charge is 0.286 e. The molecule has 0 aliphatic heterocycles. The predicted molar refractivity (Wildman–Crippen MR) is 71.1 cm³/mol. The molecule has 2 heterocycles. The first kappa shape index (κ1) is 10.9. The Morgan fingerprint density at radius 1 is 1.44 bits per heavy atom. The summed E-state index contributed by atoms with van der Waals surface area (Å²) >= 11 is 1.45. The zero-order chi connectivity index (χ0) is 12.9. The number of amides is 1. The fourth-order valence-corrected chi connectivity index (χ4v) is 3.08. The van der Waals surface area contributed by atoms with Crippen molar-refractivity contribution in [2.75, 3.05) is 12.8 Å². The third-order valence-corrected chi connectivity index (χ3v) is 3.94. The van der Waals surface area contributed by atoms with E-state index >= 15 is 0 Å². The van der Waals surface area contributed by atoms with Gasteiger partial charge < -0.3 is 20.6 Å². The summed E-state index contributed by atoms with van der Waals surface area (Å²) in [5, 5.41) is 0.819. The number of ether oxygens (including phenoxy) is 1. The van der Waals surface area contributed by atoms with Crippen molar-refractivity contribution in [2.45, 2.75) is 0 Å². The standard InChI is InChI=1S/C12H10N2O3S/c1-16-5-3-2-4-6-7(5)9-11(18-6)8(13)10(17-9)12(14)15/h2-4H,13H2,1H3,(H2,14,15). The van der Waals surface area contributed by atoms with Crippen LogP contribution in [0.4, 0.5) is 5.69 Å². The Hall–Kier alpha value is -2.21. The summed E-state index contributed by atoms with van der Waals surface area (Å²) in [6.07, 6.45) is 0. The van der Waals surface area contributed by atoms with Crippen molar-refractivity contribution in [3.63, 3.8) is 0 Å². The van der Waals surface area contributed by atoms with Crippen molar-refractivity contribution in [1.29, 1.82) is 0 Å². The van der Waals surface area contributed by atoms with E-state index in [4.69, 9.17) is 20.6 Å². The van der Waals surface area contributed by atoms with Crippen molar-refractivity contribution in [1.82, 2.24) is 0 Å². The highest BCUT2D eigenvalue weighted by atomic mass is 32.1. The van der Waals surface area contributed by atoms with E-state index in [1.54, 1.807) is 7.11 Å². The number of nitrogens with two attached hydrogens (primary N) is 2. The van der Waals surface area contributed by atoms with Crippen LogP contribution in [0.5, 0.6) is 5.75 Å². The highest BCUT2D eigenvalue weighted by molar-refractivity contribution is 7.26. The van der Waals surface area contributed by atoms with E-state index < -0.39 is 5.91 Å². The summed E-state index contributed by atoms with van der Waals surface area (Å²) in [5.41, 5.74) is 11.9. The first-order valence-electron chi connectivity index (χ1n) is 5.20. The maximum atomic E-state index is 11.2. The van der Waals surface area contributed by atoms with Crippen LogP contribution in [0.25, 0.3) is 20.4 Å².